The van der Waals surface area contributed by atoms with E-state index in [4.69, 9.17) is 0 Å². The average molecular weight is 333 g/mol. The van der Waals surface area contributed by atoms with Gasteiger partial charge in [-0.3, -0.25) is 4.79 Å². The van der Waals surface area contributed by atoms with Crippen LogP contribution in [0.1, 0.15) is 15.2 Å². The highest BCUT2D eigenvalue weighted by atomic mass is 79.9. The third kappa shape index (κ3) is 2.17. The Balaban J connectivity index is 2.14. The highest BCUT2D eigenvalue weighted by Crippen LogP contribution is 2.38. The molecule has 0 aliphatic carbocycles. The normalized spacial score (nSPS) is 10.8. The molecule has 4 heteroatoms. The number of fused-ring (bicyclic) bond motifs is 1. The third-order valence-corrected chi connectivity index (χ3v) is 4.51. The van der Waals surface area contributed by atoms with E-state index in [0.717, 1.165) is 14.6 Å². The molecule has 0 fully saturated rings. The molecule has 1 N–H and O–H groups in total. The van der Waals surface area contributed by atoms with Gasteiger partial charge in [-0.1, -0.05) is 40.2 Å². The van der Waals surface area contributed by atoms with Crippen LogP contribution < -0.4 is 0 Å². The van der Waals surface area contributed by atoms with Crippen molar-refractivity contribution in [1.29, 1.82) is 0 Å². The van der Waals surface area contributed by atoms with Crippen molar-refractivity contribution in [2.45, 2.75) is 0 Å². The number of hydrogen-bond donors (Lipinski definition) is 1. The second kappa shape index (κ2) is 4.79. The molecule has 0 atom stereocenters. The predicted molar refractivity (Wildman–Crippen MR) is 81.1 cm³/mol. The van der Waals surface area contributed by atoms with Gasteiger partial charge in [0.15, 0.2) is 0 Å². The largest absolute Gasteiger partial charge is 0.506 e. The van der Waals surface area contributed by atoms with Gasteiger partial charge in [0.05, 0.1) is 0 Å². The van der Waals surface area contributed by atoms with Crippen molar-refractivity contribution in [3.63, 3.8) is 0 Å². The molecule has 0 spiro atoms. The predicted octanol–water partition coefficient (Wildman–Crippen LogP) is 4.60. The summed E-state index contributed by atoms with van der Waals surface area (Å²) in [7, 11) is 0. The SMILES string of the molecule is O=C(c1cccc(Br)c1)c1sc2ccccc2c1O. The van der Waals surface area contributed by atoms with Gasteiger partial charge in [0.25, 0.3) is 0 Å². The zero-order valence-electron chi connectivity index (χ0n) is 9.76. The number of halogens is 1. The number of carbonyl (C=O) groups is 1. The van der Waals surface area contributed by atoms with Crippen molar-refractivity contribution in [3.05, 3.63) is 63.4 Å². The first-order valence-electron chi connectivity index (χ1n) is 5.67. The van der Waals surface area contributed by atoms with Crippen LogP contribution in [0, 0.1) is 0 Å². The summed E-state index contributed by atoms with van der Waals surface area (Å²) in [4.78, 5) is 12.8. The van der Waals surface area contributed by atoms with Gasteiger partial charge in [-0.05, 0) is 24.3 Å². The first kappa shape index (κ1) is 12.4. The zero-order chi connectivity index (χ0) is 13.4. The summed E-state index contributed by atoms with van der Waals surface area (Å²) in [6.45, 7) is 0. The Morgan fingerprint density at radius 1 is 1.11 bits per heavy atom. The molecule has 0 bridgehead atoms. The van der Waals surface area contributed by atoms with Gasteiger partial charge in [-0.15, -0.1) is 11.3 Å². The van der Waals surface area contributed by atoms with Gasteiger partial charge in [-0.2, -0.15) is 0 Å². The van der Waals surface area contributed by atoms with Gasteiger partial charge in [0, 0.05) is 20.1 Å². The lowest BCUT2D eigenvalue weighted by Gasteiger charge is -1.99. The van der Waals surface area contributed by atoms with Gasteiger partial charge in [0.1, 0.15) is 10.6 Å². The molecule has 94 valence electrons. The Hall–Kier alpha value is -1.65. The number of rotatable bonds is 2. The molecule has 0 saturated heterocycles. The molecule has 0 radical (unpaired) electrons. The van der Waals surface area contributed by atoms with E-state index in [1.54, 1.807) is 12.1 Å². The van der Waals surface area contributed by atoms with Crippen molar-refractivity contribution < 1.29 is 9.90 Å². The van der Waals surface area contributed by atoms with Crippen LogP contribution in [0.25, 0.3) is 10.1 Å². The Morgan fingerprint density at radius 3 is 2.63 bits per heavy atom. The number of thiophene rings is 1. The highest BCUT2D eigenvalue weighted by Gasteiger charge is 2.19. The van der Waals surface area contributed by atoms with Crippen molar-refractivity contribution in [3.8, 4) is 5.75 Å². The number of carbonyl (C=O) groups excluding carboxylic acids is 1. The molecule has 0 unspecified atom stereocenters. The van der Waals surface area contributed by atoms with Crippen LogP contribution in [-0.2, 0) is 0 Å². The van der Waals surface area contributed by atoms with Gasteiger partial charge < -0.3 is 5.11 Å². The Morgan fingerprint density at radius 2 is 1.89 bits per heavy atom. The Labute approximate surface area is 122 Å². The molecule has 0 aliphatic heterocycles. The molecular formula is C15H9BrO2S. The van der Waals surface area contributed by atoms with Crippen LogP contribution in [0.3, 0.4) is 0 Å². The highest BCUT2D eigenvalue weighted by molar-refractivity contribution is 9.10. The first-order chi connectivity index (χ1) is 9.16. The lowest BCUT2D eigenvalue weighted by molar-refractivity contribution is 0.104. The summed E-state index contributed by atoms with van der Waals surface area (Å²) < 4.78 is 1.76. The lowest BCUT2D eigenvalue weighted by atomic mass is 10.1. The molecule has 0 saturated carbocycles. The molecule has 19 heavy (non-hydrogen) atoms. The Bertz CT molecular complexity index is 777. The third-order valence-electron chi connectivity index (χ3n) is 2.86. The maximum absolute atomic E-state index is 12.4. The van der Waals surface area contributed by atoms with Crippen molar-refractivity contribution in [2.24, 2.45) is 0 Å². The smallest absolute Gasteiger partial charge is 0.206 e. The quantitative estimate of drug-likeness (QED) is 0.696. The van der Waals surface area contributed by atoms with Crippen molar-refractivity contribution >= 4 is 43.1 Å². The molecule has 2 aromatic carbocycles. The summed E-state index contributed by atoms with van der Waals surface area (Å²) in [5, 5.41) is 10.9. The lowest BCUT2D eigenvalue weighted by Crippen LogP contribution is -1.98. The van der Waals surface area contributed by atoms with E-state index in [2.05, 4.69) is 15.9 Å². The molecule has 0 aliphatic rings. The Kier molecular flexibility index (Phi) is 3.12. The van der Waals surface area contributed by atoms with E-state index in [1.165, 1.54) is 11.3 Å². The van der Waals surface area contributed by atoms with E-state index < -0.39 is 0 Å². The van der Waals surface area contributed by atoms with Crippen LogP contribution in [0.15, 0.2) is 53.0 Å². The summed E-state index contributed by atoms with van der Waals surface area (Å²) >= 11 is 4.66. The number of ketones is 1. The molecule has 1 aromatic heterocycles. The summed E-state index contributed by atoms with van der Waals surface area (Å²) in [5.41, 5.74) is 0.566. The fraction of sp³-hybridized carbons (Fsp3) is 0. The summed E-state index contributed by atoms with van der Waals surface area (Å²) in [5.74, 6) is -0.0782. The standard InChI is InChI=1S/C15H9BrO2S/c16-10-5-3-4-9(8-10)13(17)15-14(18)11-6-1-2-7-12(11)19-15/h1-8,18H. The van der Waals surface area contributed by atoms with Crippen LogP contribution in [0.5, 0.6) is 5.75 Å². The molecule has 2 nitrogen and oxygen atoms in total. The van der Waals surface area contributed by atoms with Crippen molar-refractivity contribution in [1.82, 2.24) is 0 Å². The fourth-order valence-electron chi connectivity index (χ4n) is 1.95. The monoisotopic (exact) mass is 332 g/mol. The molecular weight excluding hydrogens is 324 g/mol. The van der Waals surface area contributed by atoms with Crippen LogP contribution in [-0.4, -0.2) is 10.9 Å². The van der Waals surface area contributed by atoms with E-state index in [9.17, 15) is 9.90 Å². The van der Waals surface area contributed by atoms with Gasteiger partial charge in [0.2, 0.25) is 5.78 Å². The summed E-state index contributed by atoms with van der Waals surface area (Å²) in [6.07, 6.45) is 0. The minimum absolute atomic E-state index is 0.0746. The van der Waals surface area contributed by atoms with Gasteiger partial charge >= 0.3 is 0 Å². The second-order valence-electron chi connectivity index (χ2n) is 4.12. The van der Waals surface area contributed by atoms with Crippen LogP contribution >= 0.6 is 27.3 Å². The minimum atomic E-state index is -0.153. The second-order valence-corrected chi connectivity index (χ2v) is 6.08. The minimum Gasteiger partial charge on any atom is -0.506 e. The molecule has 1 heterocycles. The summed E-state index contributed by atoms with van der Waals surface area (Å²) in [6, 6.07) is 14.6. The molecule has 3 aromatic rings. The van der Waals surface area contributed by atoms with Crippen molar-refractivity contribution in [2.75, 3.05) is 0 Å². The maximum atomic E-state index is 12.4. The van der Waals surface area contributed by atoms with E-state index in [1.807, 2.05) is 36.4 Å². The maximum Gasteiger partial charge on any atom is 0.206 e. The van der Waals surface area contributed by atoms with E-state index in [0.29, 0.717) is 10.4 Å². The number of benzene rings is 2. The fourth-order valence-corrected chi connectivity index (χ4v) is 3.40. The van der Waals surface area contributed by atoms with Crippen LogP contribution in [0.2, 0.25) is 0 Å². The number of aromatic hydroxyl groups is 1. The van der Waals surface area contributed by atoms with E-state index in [-0.39, 0.29) is 11.5 Å². The number of hydrogen-bond acceptors (Lipinski definition) is 3. The van der Waals surface area contributed by atoms with Gasteiger partial charge in [-0.25, -0.2) is 0 Å². The van der Waals surface area contributed by atoms with Crippen LogP contribution in [0.4, 0.5) is 0 Å². The molecule has 0 amide bonds. The average Bonchev–Trinajstić information content (AvgIpc) is 2.76. The first-order valence-corrected chi connectivity index (χ1v) is 7.28. The van der Waals surface area contributed by atoms with E-state index >= 15 is 0 Å². The molecule has 3 rings (SSSR count). The zero-order valence-corrected chi connectivity index (χ0v) is 12.2. The topological polar surface area (TPSA) is 37.3 Å².